The summed E-state index contributed by atoms with van der Waals surface area (Å²) in [5, 5.41) is 4.28. The molecule has 1 atom stereocenters. The zero-order chi connectivity index (χ0) is 11.7. The van der Waals surface area contributed by atoms with Crippen LogP contribution < -0.4 is 5.43 Å². The van der Waals surface area contributed by atoms with E-state index in [0.717, 1.165) is 17.1 Å². The van der Waals surface area contributed by atoms with Gasteiger partial charge in [0.2, 0.25) is 0 Å². The second-order valence-corrected chi connectivity index (χ2v) is 3.72. The Morgan fingerprint density at radius 3 is 3.06 bits per heavy atom. The van der Waals surface area contributed by atoms with Gasteiger partial charge in [-0.05, 0) is 24.3 Å². The van der Waals surface area contributed by atoms with Gasteiger partial charge in [-0.1, -0.05) is 12.0 Å². The molecule has 3 rings (SSSR count). The number of hydrogen-bond donors (Lipinski definition) is 1. The predicted molar refractivity (Wildman–Crippen MR) is 65.8 cm³/mol. The zero-order valence-corrected chi connectivity index (χ0v) is 9.04. The molecule has 1 aromatic heterocycles. The first-order valence-corrected chi connectivity index (χ1v) is 5.28. The molecule has 0 saturated carbocycles. The van der Waals surface area contributed by atoms with Crippen molar-refractivity contribution < 1.29 is 0 Å². The Kier molecular flexibility index (Phi) is 2.16. The van der Waals surface area contributed by atoms with Crippen molar-refractivity contribution in [3.05, 3.63) is 54.0 Å². The number of allylic oxidation sites excluding steroid dienone is 2. The van der Waals surface area contributed by atoms with Crippen molar-refractivity contribution in [3.63, 3.8) is 0 Å². The van der Waals surface area contributed by atoms with E-state index >= 15 is 0 Å². The average Bonchev–Trinajstić information content (AvgIpc) is 2.83. The quantitative estimate of drug-likeness (QED) is 0.722. The molecule has 0 saturated heterocycles. The van der Waals surface area contributed by atoms with Crippen LogP contribution >= 0.6 is 0 Å². The van der Waals surface area contributed by atoms with Crippen LogP contribution in [0, 0.1) is 12.3 Å². The van der Waals surface area contributed by atoms with E-state index in [1.165, 1.54) is 0 Å². The molecule has 1 N–H and O–H groups in total. The number of fused-ring (bicyclic) bond motifs is 1. The number of amidine groups is 1. The van der Waals surface area contributed by atoms with Gasteiger partial charge in [0.25, 0.3) is 0 Å². The van der Waals surface area contributed by atoms with E-state index < -0.39 is 0 Å². The predicted octanol–water partition coefficient (Wildman–Crippen LogP) is 1.04. The van der Waals surface area contributed by atoms with Crippen molar-refractivity contribution in [1.82, 2.24) is 15.3 Å². The van der Waals surface area contributed by atoms with Crippen LogP contribution in [0.25, 0.3) is 0 Å². The molecule has 0 aromatic carbocycles. The first-order chi connectivity index (χ1) is 8.38. The smallest absolute Gasteiger partial charge is 0.180 e. The molecule has 0 spiro atoms. The van der Waals surface area contributed by atoms with E-state index in [1.807, 2.05) is 41.5 Å². The fourth-order valence-corrected chi connectivity index (χ4v) is 1.79. The number of nitrogens with zero attached hydrogens (tertiary/aromatic N) is 3. The second-order valence-electron chi connectivity index (χ2n) is 3.72. The molecule has 2 aliphatic heterocycles. The van der Waals surface area contributed by atoms with Crippen molar-refractivity contribution in [3.8, 4) is 12.3 Å². The van der Waals surface area contributed by atoms with Gasteiger partial charge >= 0.3 is 0 Å². The zero-order valence-electron chi connectivity index (χ0n) is 9.04. The Morgan fingerprint density at radius 2 is 2.29 bits per heavy atom. The van der Waals surface area contributed by atoms with Crippen LogP contribution in [0.15, 0.2) is 47.9 Å². The highest BCUT2D eigenvalue weighted by Crippen LogP contribution is 2.16. The van der Waals surface area contributed by atoms with Gasteiger partial charge in [0.15, 0.2) is 5.84 Å². The maximum Gasteiger partial charge on any atom is 0.180 e. The summed E-state index contributed by atoms with van der Waals surface area (Å²) in [5.41, 5.74) is 4.61. The Balaban J connectivity index is 1.92. The van der Waals surface area contributed by atoms with E-state index in [9.17, 15) is 0 Å². The number of rotatable bonds is 1. The molecule has 2 aliphatic rings. The van der Waals surface area contributed by atoms with Crippen LogP contribution in [0.5, 0.6) is 0 Å². The first kappa shape index (κ1) is 9.67. The highest BCUT2D eigenvalue weighted by atomic mass is 15.5. The molecule has 0 amide bonds. The molecule has 0 bridgehead atoms. The standard InChI is InChI=1S/C13H10N4/c1-2-10-6-7-11(14-9-10)13-16-15-12-5-3-4-8-17(12)13/h1,3-9,12,15H. The lowest BCUT2D eigenvalue weighted by atomic mass is 10.2. The van der Waals surface area contributed by atoms with Crippen molar-refractivity contribution in [2.75, 3.05) is 0 Å². The van der Waals surface area contributed by atoms with Gasteiger partial charge in [-0.15, -0.1) is 6.42 Å². The average molecular weight is 222 g/mol. The number of terminal acetylenes is 1. The number of aromatic nitrogens is 1. The molecule has 4 nitrogen and oxygen atoms in total. The molecule has 1 aromatic rings. The van der Waals surface area contributed by atoms with Crippen LogP contribution in [0.2, 0.25) is 0 Å². The van der Waals surface area contributed by atoms with Gasteiger partial charge in [0.05, 0.1) is 0 Å². The summed E-state index contributed by atoms with van der Waals surface area (Å²) >= 11 is 0. The fraction of sp³-hybridized carbons (Fsp3) is 0.0769. The minimum atomic E-state index is 0.0871. The van der Waals surface area contributed by atoms with E-state index in [1.54, 1.807) is 6.20 Å². The lowest BCUT2D eigenvalue weighted by Crippen LogP contribution is -2.36. The second kappa shape index (κ2) is 3.80. The Hall–Kier alpha value is -2.54. The number of hydrazone groups is 1. The molecule has 3 heterocycles. The monoisotopic (exact) mass is 222 g/mol. The Morgan fingerprint density at radius 1 is 1.35 bits per heavy atom. The normalized spacial score (nSPS) is 20.5. The van der Waals surface area contributed by atoms with Crippen LogP contribution in [0.1, 0.15) is 11.3 Å². The van der Waals surface area contributed by atoms with Gasteiger partial charge in [-0.25, -0.2) is 0 Å². The van der Waals surface area contributed by atoms with Crippen molar-refractivity contribution in [1.29, 1.82) is 0 Å². The molecule has 82 valence electrons. The topological polar surface area (TPSA) is 40.5 Å². The third-order valence-electron chi connectivity index (χ3n) is 2.66. The minimum absolute atomic E-state index is 0.0871. The SMILES string of the molecule is C#Cc1ccc(C2=NNC3C=CC=CN23)nc1. The molecule has 1 unspecified atom stereocenters. The van der Waals surface area contributed by atoms with Crippen LogP contribution in [-0.2, 0) is 0 Å². The largest absolute Gasteiger partial charge is 0.304 e. The van der Waals surface area contributed by atoms with E-state index in [0.29, 0.717) is 0 Å². The summed E-state index contributed by atoms with van der Waals surface area (Å²) in [4.78, 5) is 6.34. The van der Waals surface area contributed by atoms with Crippen molar-refractivity contribution in [2.24, 2.45) is 5.10 Å². The fourth-order valence-electron chi connectivity index (χ4n) is 1.79. The first-order valence-electron chi connectivity index (χ1n) is 5.28. The van der Waals surface area contributed by atoms with E-state index in [2.05, 4.69) is 21.4 Å². The van der Waals surface area contributed by atoms with Crippen LogP contribution in [0.3, 0.4) is 0 Å². The van der Waals surface area contributed by atoms with Crippen molar-refractivity contribution >= 4 is 5.84 Å². The summed E-state index contributed by atoms with van der Waals surface area (Å²) < 4.78 is 0. The summed E-state index contributed by atoms with van der Waals surface area (Å²) in [6.07, 6.45) is 15.0. The van der Waals surface area contributed by atoms with Gasteiger partial charge < -0.3 is 4.90 Å². The Bertz CT molecular complexity index is 560. The van der Waals surface area contributed by atoms with Gasteiger partial charge in [0.1, 0.15) is 11.9 Å². The molecule has 17 heavy (non-hydrogen) atoms. The molecule has 0 fully saturated rings. The molecule has 4 heteroatoms. The lowest BCUT2D eigenvalue weighted by molar-refractivity contribution is 0.444. The molecule has 0 aliphatic carbocycles. The van der Waals surface area contributed by atoms with E-state index in [-0.39, 0.29) is 6.17 Å². The maximum atomic E-state index is 5.30. The third kappa shape index (κ3) is 1.58. The van der Waals surface area contributed by atoms with Crippen molar-refractivity contribution in [2.45, 2.75) is 6.17 Å². The van der Waals surface area contributed by atoms with Gasteiger partial charge in [-0.2, -0.15) is 5.10 Å². The summed E-state index contributed by atoms with van der Waals surface area (Å²) in [7, 11) is 0. The Labute approximate surface area is 99.4 Å². The molecular formula is C13H10N4. The van der Waals surface area contributed by atoms with Gasteiger partial charge in [0, 0.05) is 18.0 Å². The summed E-state index contributed by atoms with van der Waals surface area (Å²) in [6.45, 7) is 0. The minimum Gasteiger partial charge on any atom is -0.304 e. The number of nitrogens with one attached hydrogen (secondary N) is 1. The lowest BCUT2D eigenvalue weighted by Gasteiger charge is -2.22. The highest BCUT2D eigenvalue weighted by Gasteiger charge is 2.26. The number of hydrogen-bond acceptors (Lipinski definition) is 4. The maximum absolute atomic E-state index is 5.30. The van der Waals surface area contributed by atoms with Gasteiger partial charge in [-0.3, -0.25) is 10.4 Å². The van der Waals surface area contributed by atoms with E-state index in [4.69, 9.17) is 6.42 Å². The molecule has 0 radical (unpaired) electrons. The highest BCUT2D eigenvalue weighted by molar-refractivity contribution is 5.99. The third-order valence-corrected chi connectivity index (χ3v) is 2.66. The summed E-state index contributed by atoms with van der Waals surface area (Å²) in [5.74, 6) is 3.35. The van der Waals surface area contributed by atoms with Crippen LogP contribution in [-0.4, -0.2) is 21.9 Å². The molecular weight excluding hydrogens is 212 g/mol. The van der Waals surface area contributed by atoms with Crippen LogP contribution in [0.4, 0.5) is 0 Å². The summed E-state index contributed by atoms with van der Waals surface area (Å²) in [6, 6.07) is 3.74. The number of pyridine rings is 1.